The Morgan fingerprint density at radius 1 is 0.966 bits per heavy atom. The first-order chi connectivity index (χ1) is 14.3. The molecule has 1 aliphatic carbocycles. The third-order valence-electron chi connectivity index (χ3n) is 6.21. The van der Waals surface area contributed by atoms with Crippen molar-refractivity contribution < 1.29 is 4.79 Å². The van der Waals surface area contributed by atoms with E-state index in [1.54, 1.807) is 11.3 Å². The highest BCUT2D eigenvalue weighted by Gasteiger charge is 2.19. The van der Waals surface area contributed by atoms with Gasteiger partial charge in [-0.3, -0.25) is 9.69 Å². The molecule has 0 atom stereocenters. The fraction of sp³-hybridized carbons (Fsp3) is 0.542. The summed E-state index contributed by atoms with van der Waals surface area (Å²) in [6.07, 6.45) is 7.05. The second-order valence-electron chi connectivity index (χ2n) is 8.32. The number of rotatable bonds is 7. The summed E-state index contributed by atoms with van der Waals surface area (Å²) in [5, 5.41) is 5.25. The van der Waals surface area contributed by atoms with E-state index in [2.05, 4.69) is 50.8 Å². The fourth-order valence-corrected chi connectivity index (χ4v) is 5.60. The number of thiophene rings is 1. The van der Waals surface area contributed by atoms with Crippen molar-refractivity contribution in [3.8, 4) is 0 Å². The van der Waals surface area contributed by atoms with Gasteiger partial charge in [0.2, 0.25) is 0 Å². The van der Waals surface area contributed by atoms with Crippen LogP contribution in [0.2, 0.25) is 0 Å². The average Bonchev–Trinajstić information content (AvgIpc) is 3.01. The predicted octanol–water partition coefficient (Wildman–Crippen LogP) is 3.95. The van der Waals surface area contributed by atoms with Crippen LogP contribution < -0.4 is 5.32 Å². The van der Waals surface area contributed by atoms with Gasteiger partial charge in [0.1, 0.15) is 0 Å². The summed E-state index contributed by atoms with van der Waals surface area (Å²) >= 11 is 1.78. The molecule has 156 valence electrons. The van der Waals surface area contributed by atoms with Crippen LogP contribution in [0.15, 0.2) is 35.7 Å². The lowest BCUT2D eigenvalue weighted by molar-refractivity contribution is 0.0946. The van der Waals surface area contributed by atoms with E-state index in [0.717, 1.165) is 70.6 Å². The number of aryl methyl sites for hydroxylation is 1. The molecule has 1 saturated heterocycles. The maximum atomic E-state index is 12.6. The van der Waals surface area contributed by atoms with E-state index in [4.69, 9.17) is 0 Å². The number of amides is 1. The highest BCUT2D eigenvalue weighted by molar-refractivity contribution is 7.10. The van der Waals surface area contributed by atoms with Gasteiger partial charge in [-0.1, -0.05) is 36.8 Å². The van der Waals surface area contributed by atoms with Crippen molar-refractivity contribution in [3.05, 3.63) is 57.3 Å². The van der Waals surface area contributed by atoms with Crippen molar-refractivity contribution in [2.75, 3.05) is 39.3 Å². The van der Waals surface area contributed by atoms with Gasteiger partial charge in [0.15, 0.2) is 0 Å². The van der Waals surface area contributed by atoms with Crippen LogP contribution in [0.3, 0.4) is 0 Å². The van der Waals surface area contributed by atoms with E-state index in [-0.39, 0.29) is 5.91 Å². The van der Waals surface area contributed by atoms with E-state index in [1.165, 1.54) is 35.3 Å². The molecule has 2 aliphatic rings. The summed E-state index contributed by atoms with van der Waals surface area (Å²) in [5.41, 5.74) is 3.68. The van der Waals surface area contributed by atoms with Gasteiger partial charge in [0, 0.05) is 49.5 Å². The summed E-state index contributed by atoms with van der Waals surface area (Å²) in [6.45, 7) is 7.40. The summed E-state index contributed by atoms with van der Waals surface area (Å²) in [4.78, 5) is 19.1. The number of hydrogen-bond acceptors (Lipinski definition) is 4. The Balaban J connectivity index is 1.14. The summed E-state index contributed by atoms with van der Waals surface area (Å²) in [5.74, 6) is 0.136. The highest BCUT2D eigenvalue weighted by Crippen LogP contribution is 2.29. The number of hydrogen-bond donors (Lipinski definition) is 1. The fourth-order valence-electron chi connectivity index (χ4n) is 4.47. The van der Waals surface area contributed by atoms with Crippen LogP contribution >= 0.6 is 11.3 Å². The minimum atomic E-state index is 0.136. The van der Waals surface area contributed by atoms with Crippen molar-refractivity contribution in [1.29, 1.82) is 0 Å². The second kappa shape index (κ2) is 10.4. The maximum absolute atomic E-state index is 12.6. The SMILES string of the molecule is O=C(NCCCN1CCN(Cc2ccccc2)CC1)c1csc2c1CCCCC2. The molecule has 2 heterocycles. The van der Waals surface area contributed by atoms with Crippen molar-refractivity contribution >= 4 is 17.2 Å². The van der Waals surface area contributed by atoms with Gasteiger partial charge in [-0.2, -0.15) is 0 Å². The number of benzene rings is 1. The van der Waals surface area contributed by atoms with E-state index in [1.807, 2.05) is 0 Å². The molecule has 1 aliphatic heterocycles. The molecule has 4 nitrogen and oxygen atoms in total. The minimum absolute atomic E-state index is 0.136. The highest BCUT2D eigenvalue weighted by atomic mass is 32.1. The van der Waals surface area contributed by atoms with Crippen molar-refractivity contribution in [2.45, 2.75) is 45.1 Å². The quantitative estimate of drug-likeness (QED) is 0.553. The molecule has 0 saturated carbocycles. The first kappa shape index (κ1) is 20.6. The zero-order chi connectivity index (χ0) is 19.9. The molecule has 29 heavy (non-hydrogen) atoms. The van der Waals surface area contributed by atoms with Crippen LogP contribution in [0.4, 0.5) is 0 Å². The van der Waals surface area contributed by atoms with Gasteiger partial charge < -0.3 is 10.2 Å². The Morgan fingerprint density at radius 2 is 1.72 bits per heavy atom. The zero-order valence-electron chi connectivity index (χ0n) is 17.4. The predicted molar refractivity (Wildman–Crippen MR) is 121 cm³/mol. The monoisotopic (exact) mass is 411 g/mol. The number of nitrogens with zero attached hydrogens (tertiary/aromatic N) is 2. The molecule has 1 amide bonds. The van der Waals surface area contributed by atoms with Crippen molar-refractivity contribution in [2.24, 2.45) is 0 Å². The topological polar surface area (TPSA) is 35.6 Å². The Labute approximate surface area is 178 Å². The van der Waals surface area contributed by atoms with Gasteiger partial charge in [-0.25, -0.2) is 0 Å². The number of carbonyl (C=O) groups excluding carboxylic acids is 1. The van der Waals surface area contributed by atoms with Crippen LogP contribution in [-0.2, 0) is 19.4 Å². The molecular weight excluding hydrogens is 378 g/mol. The molecule has 1 fully saturated rings. The Hall–Kier alpha value is -1.69. The van der Waals surface area contributed by atoms with Crippen LogP contribution in [0.25, 0.3) is 0 Å². The van der Waals surface area contributed by atoms with Crippen molar-refractivity contribution in [3.63, 3.8) is 0 Å². The minimum Gasteiger partial charge on any atom is -0.352 e. The van der Waals surface area contributed by atoms with Gasteiger partial charge in [0.05, 0.1) is 5.56 Å². The van der Waals surface area contributed by atoms with Gasteiger partial charge in [-0.05, 0) is 49.8 Å². The van der Waals surface area contributed by atoms with E-state index in [9.17, 15) is 4.79 Å². The molecular formula is C24H33N3OS. The normalized spacial score (nSPS) is 18.2. The lowest BCUT2D eigenvalue weighted by Crippen LogP contribution is -2.46. The van der Waals surface area contributed by atoms with Crippen molar-refractivity contribution in [1.82, 2.24) is 15.1 Å². The molecule has 1 aromatic carbocycles. The van der Waals surface area contributed by atoms with Gasteiger partial charge in [-0.15, -0.1) is 11.3 Å². The Morgan fingerprint density at radius 3 is 2.55 bits per heavy atom. The van der Waals surface area contributed by atoms with Crippen LogP contribution in [0.1, 0.15) is 52.0 Å². The average molecular weight is 412 g/mol. The number of fused-ring (bicyclic) bond motifs is 1. The molecule has 0 spiro atoms. The number of piperazine rings is 1. The first-order valence-corrected chi connectivity index (χ1v) is 12.0. The largest absolute Gasteiger partial charge is 0.352 e. The molecule has 1 N–H and O–H groups in total. The molecule has 4 rings (SSSR count). The van der Waals surface area contributed by atoms with Gasteiger partial charge >= 0.3 is 0 Å². The summed E-state index contributed by atoms with van der Waals surface area (Å²) in [6, 6.07) is 10.7. The maximum Gasteiger partial charge on any atom is 0.252 e. The summed E-state index contributed by atoms with van der Waals surface area (Å²) in [7, 11) is 0. The molecule has 5 heteroatoms. The molecule has 2 aromatic rings. The summed E-state index contributed by atoms with van der Waals surface area (Å²) < 4.78 is 0. The smallest absolute Gasteiger partial charge is 0.252 e. The zero-order valence-corrected chi connectivity index (χ0v) is 18.2. The molecule has 0 unspecified atom stereocenters. The molecule has 0 radical (unpaired) electrons. The van der Waals surface area contributed by atoms with E-state index >= 15 is 0 Å². The van der Waals surface area contributed by atoms with Crippen LogP contribution in [-0.4, -0.2) is 55.0 Å². The standard InChI is InChI=1S/C24H33N3OS/c28-24(22-19-29-23-11-6-2-5-10-21(22)23)25-12-7-13-26-14-16-27(17-15-26)18-20-8-3-1-4-9-20/h1,3-4,8-9,19H,2,5-7,10-18H2,(H,25,28). The van der Waals surface area contributed by atoms with E-state index < -0.39 is 0 Å². The first-order valence-electron chi connectivity index (χ1n) is 11.2. The van der Waals surface area contributed by atoms with Gasteiger partial charge in [0.25, 0.3) is 5.91 Å². The third-order valence-corrected chi connectivity index (χ3v) is 7.30. The Bertz CT molecular complexity index is 781. The van der Waals surface area contributed by atoms with Crippen LogP contribution in [0, 0.1) is 0 Å². The number of carbonyl (C=O) groups is 1. The number of nitrogens with one attached hydrogen (secondary N) is 1. The third kappa shape index (κ3) is 5.68. The van der Waals surface area contributed by atoms with E-state index in [0.29, 0.717) is 0 Å². The Kier molecular flexibility index (Phi) is 7.36. The second-order valence-corrected chi connectivity index (χ2v) is 9.29. The van der Waals surface area contributed by atoms with Crippen LogP contribution in [0.5, 0.6) is 0 Å². The molecule has 0 bridgehead atoms. The molecule has 1 aromatic heterocycles. The lowest BCUT2D eigenvalue weighted by Gasteiger charge is -2.34. The lowest BCUT2D eigenvalue weighted by atomic mass is 10.1.